The van der Waals surface area contributed by atoms with Crippen LogP contribution in [0, 0.1) is 16.2 Å². The minimum absolute atomic E-state index is 0.0639. The van der Waals surface area contributed by atoms with Gasteiger partial charge < -0.3 is 5.32 Å². The first-order chi connectivity index (χ1) is 12.4. The van der Waals surface area contributed by atoms with E-state index in [-0.39, 0.29) is 34.5 Å². The summed E-state index contributed by atoms with van der Waals surface area (Å²) >= 11 is 0. The van der Waals surface area contributed by atoms with Crippen LogP contribution in [0.15, 0.2) is 0 Å². The van der Waals surface area contributed by atoms with Crippen molar-refractivity contribution in [3.8, 4) is 0 Å². The Bertz CT molecular complexity index is 585. The van der Waals surface area contributed by atoms with E-state index in [2.05, 4.69) is 66.0 Å². The fourth-order valence-corrected chi connectivity index (χ4v) is 5.14. The fraction of sp³-hybridized carbons (Fsp3) is 0.920. The normalized spacial score (nSPS) is 14.8. The number of ketones is 2. The molecule has 0 aromatic heterocycles. The van der Waals surface area contributed by atoms with E-state index < -0.39 is 16.5 Å². The van der Waals surface area contributed by atoms with Crippen LogP contribution in [0.1, 0.15) is 110 Å². The van der Waals surface area contributed by atoms with Crippen molar-refractivity contribution in [2.45, 2.75) is 126 Å². The minimum Gasteiger partial charge on any atom is -0.300 e. The third-order valence-corrected chi connectivity index (χ3v) is 5.17. The Kier molecular flexibility index (Phi) is 8.56. The molecule has 0 unspecified atom stereocenters. The second kappa shape index (κ2) is 8.78. The third kappa shape index (κ3) is 10.2. The number of hydrogen-bond acceptors (Lipinski definition) is 4. The summed E-state index contributed by atoms with van der Waals surface area (Å²) in [5.41, 5.74) is -1.84. The summed E-state index contributed by atoms with van der Waals surface area (Å²) in [5, 5.41) is 6.79. The Morgan fingerprint density at radius 3 is 1.41 bits per heavy atom. The highest BCUT2D eigenvalue weighted by atomic mass is 16.1. The van der Waals surface area contributed by atoms with Crippen LogP contribution in [-0.2, 0) is 9.59 Å². The average molecular weight is 411 g/mol. The molecule has 0 radical (unpaired) electrons. The first kappa shape index (κ1) is 28.3. The summed E-state index contributed by atoms with van der Waals surface area (Å²) in [4.78, 5) is 26.2. The summed E-state index contributed by atoms with van der Waals surface area (Å²) < 4.78 is 0. The van der Waals surface area contributed by atoms with Crippen LogP contribution in [0.2, 0.25) is 0 Å². The fourth-order valence-electron chi connectivity index (χ4n) is 5.14. The summed E-state index contributed by atoms with van der Waals surface area (Å²) in [6, 6.07) is 0. The van der Waals surface area contributed by atoms with Crippen molar-refractivity contribution in [1.82, 2.24) is 10.6 Å². The van der Waals surface area contributed by atoms with E-state index in [4.69, 9.17) is 0 Å². The molecule has 0 bridgehead atoms. The van der Waals surface area contributed by atoms with E-state index in [0.29, 0.717) is 0 Å². The molecule has 0 aromatic carbocycles. The smallest absolute Gasteiger partial charge is 0.166 e. The molecule has 0 heterocycles. The van der Waals surface area contributed by atoms with Crippen molar-refractivity contribution in [1.29, 1.82) is 0 Å². The van der Waals surface area contributed by atoms with Gasteiger partial charge in [-0.2, -0.15) is 0 Å². The lowest BCUT2D eigenvalue weighted by molar-refractivity contribution is -0.134. The Balaban J connectivity index is 5.15. The first-order valence-electron chi connectivity index (χ1n) is 11.0. The van der Waals surface area contributed by atoms with Crippen molar-refractivity contribution >= 4 is 11.6 Å². The van der Waals surface area contributed by atoms with Gasteiger partial charge in [0.15, 0.2) is 11.6 Å². The number of Topliss-reactive ketones (excluding diaryl/α,β-unsaturated/α-hetero) is 2. The Morgan fingerprint density at radius 2 is 1.03 bits per heavy atom. The molecule has 0 aliphatic heterocycles. The molecule has 29 heavy (non-hydrogen) atoms. The maximum Gasteiger partial charge on any atom is 0.166 e. The maximum absolute atomic E-state index is 13.2. The zero-order valence-corrected chi connectivity index (χ0v) is 21.9. The molecule has 4 nitrogen and oxygen atoms in total. The predicted octanol–water partition coefficient (Wildman–Crippen LogP) is 5.54. The Labute approximate surface area is 181 Å². The zero-order valence-electron chi connectivity index (χ0n) is 21.9. The summed E-state index contributed by atoms with van der Waals surface area (Å²) in [6.07, 6.45) is 1.75. The van der Waals surface area contributed by atoms with Gasteiger partial charge >= 0.3 is 0 Å². The van der Waals surface area contributed by atoms with Crippen LogP contribution in [-0.4, -0.2) is 34.7 Å². The van der Waals surface area contributed by atoms with Gasteiger partial charge in [-0.05, 0) is 65.2 Å². The lowest BCUT2D eigenvalue weighted by atomic mass is 9.69. The SMILES string of the molecule is CC(C)(C)CC(C)(C)NC(C)(C)C(=O)CNC(C)(C)C(=O)C(C)(C)CC(C)(C)C. The van der Waals surface area contributed by atoms with Gasteiger partial charge in [0.2, 0.25) is 0 Å². The number of rotatable bonds is 10. The van der Waals surface area contributed by atoms with E-state index >= 15 is 0 Å². The first-order valence-corrected chi connectivity index (χ1v) is 11.0. The average Bonchev–Trinajstić information content (AvgIpc) is 2.37. The van der Waals surface area contributed by atoms with Crippen molar-refractivity contribution < 1.29 is 9.59 Å². The highest BCUT2D eigenvalue weighted by molar-refractivity contribution is 5.94. The van der Waals surface area contributed by atoms with Gasteiger partial charge in [-0.1, -0.05) is 55.4 Å². The van der Waals surface area contributed by atoms with Crippen LogP contribution in [0.5, 0.6) is 0 Å². The molecule has 172 valence electrons. The van der Waals surface area contributed by atoms with Gasteiger partial charge in [0.05, 0.1) is 17.6 Å². The zero-order chi connectivity index (χ0) is 23.7. The quantitative estimate of drug-likeness (QED) is 0.496. The van der Waals surface area contributed by atoms with E-state index in [1.54, 1.807) is 0 Å². The second-order valence-corrected chi connectivity index (χ2v) is 13.7. The molecule has 0 atom stereocenters. The van der Waals surface area contributed by atoms with Crippen LogP contribution in [0.3, 0.4) is 0 Å². The van der Waals surface area contributed by atoms with Gasteiger partial charge in [0.1, 0.15) is 0 Å². The van der Waals surface area contributed by atoms with Crippen molar-refractivity contribution in [3.05, 3.63) is 0 Å². The van der Waals surface area contributed by atoms with Crippen LogP contribution in [0.4, 0.5) is 0 Å². The van der Waals surface area contributed by atoms with Gasteiger partial charge in [0, 0.05) is 11.0 Å². The number of carbonyl (C=O) groups is 2. The monoisotopic (exact) mass is 410 g/mol. The number of carbonyl (C=O) groups excluding carboxylic acids is 2. The molecule has 0 aromatic rings. The van der Waals surface area contributed by atoms with Gasteiger partial charge in [0.25, 0.3) is 0 Å². The van der Waals surface area contributed by atoms with Crippen LogP contribution in [0.25, 0.3) is 0 Å². The van der Waals surface area contributed by atoms with E-state index in [9.17, 15) is 9.59 Å². The largest absolute Gasteiger partial charge is 0.300 e. The van der Waals surface area contributed by atoms with Crippen LogP contribution < -0.4 is 10.6 Å². The molecular weight excluding hydrogens is 360 g/mol. The lowest BCUT2D eigenvalue weighted by Gasteiger charge is -2.41. The van der Waals surface area contributed by atoms with Gasteiger partial charge in [-0.25, -0.2) is 0 Å². The molecule has 0 aliphatic carbocycles. The van der Waals surface area contributed by atoms with Crippen LogP contribution >= 0.6 is 0 Å². The van der Waals surface area contributed by atoms with E-state index in [0.717, 1.165) is 12.8 Å². The minimum atomic E-state index is -0.762. The Hall–Kier alpha value is -0.740. The molecular formula is C25H50N2O2. The topological polar surface area (TPSA) is 58.2 Å². The molecule has 0 saturated heterocycles. The molecule has 4 heteroatoms. The third-order valence-electron chi connectivity index (χ3n) is 5.17. The summed E-state index contributed by atoms with van der Waals surface area (Å²) in [7, 11) is 0. The van der Waals surface area contributed by atoms with Gasteiger partial charge in [-0.15, -0.1) is 0 Å². The molecule has 0 spiro atoms. The molecule has 0 amide bonds. The Morgan fingerprint density at radius 1 is 0.621 bits per heavy atom. The highest BCUT2D eigenvalue weighted by Gasteiger charge is 2.42. The molecule has 0 saturated carbocycles. The number of nitrogens with one attached hydrogen (secondary N) is 2. The van der Waals surface area contributed by atoms with Crippen molar-refractivity contribution in [2.24, 2.45) is 16.2 Å². The molecule has 0 fully saturated rings. The highest BCUT2D eigenvalue weighted by Crippen LogP contribution is 2.36. The van der Waals surface area contributed by atoms with E-state index in [1.165, 1.54) is 0 Å². The standard InChI is InChI=1S/C25H50N2O2/c1-20(2,3)16-22(7,8)19(29)25(13,14)26-15-18(28)24(11,12)27-23(9,10)17-21(4,5)6/h26-27H,15-17H2,1-14H3. The second-order valence-electron chi connectivity index (χ2n) is 13.7. The van der Waals surface area contributed by atoms with Crippen molar-refractivity contribution in [2.75, 3.05) is 6.54 Å². The number of hydrogen-bond donors (Lipinski definition) is 2. The van der Waals surface area contributed by atoms with Crippen molar-refractivity contribution in [3.63, 3.8) is 0 Å². The van der Waals surface area contributed by atoms with E-state index in [1.807, 2.05) is 41.5 Å². The van der Waals surface area contributed by atoms with Gasteiger partial charge in [-0.3, -0.25) is 14.9 Å². The summed E-state index contributed by atoms with van der Waals surface area (Å²) in [5.74, 6) is 0.209. The molecule has 0 rings (SSSR count). The maximum atomic E-state index is 13.2. The molecule has 0 aliphatic rings. The molecule has 2 N–H and O–H groups in total. The lowest BCUT2D eigenvalue weighted by Crippen LogP contribution is -2.61. The summed E-state index contributed by atoms with van der Waals surface area (Å²) in [6.45, 7) is 29.2. The predicted molar refractivity (Wildman–Crippen MR) is 125 cm³/mol.